The summed E-state index contributed by atoms with van der Waals surface area (Å²) in [4.78, 5) is 24.6. The third-order valence-corrected chi connectivity index (χ3v) is 6.26. The lowest BCUT2D eigenvalue weighted by molar-refractivity contribution is -0.114. The Morgan fingerprint density at radius 3 is 2.93 bits per heavy atom. The van der Waals surface area contributed by atoms with Crippen molar-refractivity contribution in [3.8, 4) is 5.75 Å². The number of aromatic nitrogens is 3. The number of imidazole rings is 1. The number of nitrogens with zero attached hydrogens (tertiary/aromatic N) is 4. The van der Waals surface area contributed by atoms with E-state index in [-0.39, 0.29) is 18.3 Å². The van der Waals surface area contributed by atoms with Crippen molar-refractivity contribution in [3.63, 3.8) is 0 Å². The summed E-state index contributed by atoms with van der Waals surface area (Å²) < 4.78 is 8.43. The first kappa shape index (κ1) is 22.0. The summed E-state index contributed by atoms with van der Waals surface area (Å²) in [6.07, 6.45) is 9.72. The van der Waals surface area contributed by atoms with Crippen LogP contribution in [0.4, 0.5) is 5.13 Å². The van der Waals surface area contributed by atoms with E-state index in [1.807, 2.05) is 52.6 Å². The van der Waals surface area contributed by atoms with Gasteiger partial charge in [-0.15, -0.1) is 23.7 Å². The Bertz CT molecular complexity index is 1110. The summed E-state index contributed by atoms with van der Waals surface area (Å²) in [5.41, 5.74) is 0.782. The van der Waals surface area contributed by atoms with Crippen LogP contribution in [0.5, 0.6) is 5.75 Å². The number of rotatable bonds is 8. The van der Waals surface area contributed by atoms with E-state index in [0.29, 0.717) is 17.4 Å². The predicted octanol–water partition coefficient (Wildman–Crippen LogP) is 5.12. The first-order valence-electron chi connectivity index (χ1n) is 9.17. The Kier molecular flexibility index (Phi) is 7.62. The van der Waals surface area contributed by atoms with Crippen LogP contribution in [-0.4, -0.2) is 34.1 Å². The van der Waals surface area contributed by atoms with E-state index in [0.717, 1.165) is 28.1 Å². The molecule has 0 aliphatic carbocycles. The van der Waals surface area contributed by atoms with Gasteiger partial charge in [-0.05, 0) is 36.1 Å². The van der Waals surface area contributed by atoms with Gasteiger partial charge in [-0.2, -0.15) is 0 Å². The highest BCUT2D eigenvalue weighted by Gasteiger charge is 2.19. The molecule has 30 heavy (non-hydrogen) atoms. The quantitative estimate of drug-likeness (QED) is 0.342. The number of hydrogen-bond acceptors (Lipinski definition) is 6. The molecule has 1 aromatic carbocycles. The number of amides is 1. The van der Waals surface area contributed by atoms with E-state index in [1.54, 1.807) is 41.9 Å². The normalized spacial score (nSPS) is 11.0. The number of thiazole rings is 1. The standard InChI is InChI=1S/C21H20N4O2S2.ClH/c1-27-17-6-2-7-18-20(17)23-21(29-18)25(12-4-11-24-13-10-22-15-24)19(26)9-8-16-5-3-14-28-16;/h2-3,5-10,13-15H,4,11-12H2,1H3;1H. The maximum atomic E-state index is 13.0. The van der Waals surface area contributed by atoms with Crippen LogP contribution in [-0.2, 0) is 11.3 Å². The second-order valence-electron chi connectivity index (χ2n) is 6.30. The topological polar surface area (TPSA) is 60.2 Å². The Labute approximate surface area is 188 Å². The first-order valence-corrected chi connectivity index (χ1v) is 10.9. The molecule has 0 fully saturated rings. The second kappa shape index (κ2) is 10.4. The van der Waals surface area contributed by atoms with Crippen molar-refractivity contribution in [1.82, 2.24) is 14.5 Å². The van der Waals surface area contributed by atoms with Gasteiger partial charge in [0, 0.05) is 36.4 Å². The number of anilines is 1. The van der Waals surface area contributed by atoms with Crippen LogP contribution in [0.2, 0.25) is 0 Å². The largest absolute Gasteiger partial charge is 0.494 e. The second-order valence-corrected chi connectivity index (χ2v) is 8.28. The smallest absolute Gasteiger partial charge is 0.252 e. The molecule has 0 saturated carbocycles. The van der Waals surface area contributed by atoms with Gasteiger partial charge in [-0.3, -0.25) is 9.69 Å². The summed E-state index contributed by atoms with van der Waals surface area (Å²) >= 11 is 3.10. The fourth-order valence-corrected chi connectivity index (χ4v) is 4.58. The van der Waals surface area contributed by atoms with Crippen LogP contribution in [0.3, 0.4) is 0 Å². The molecule has 1 amide bonds. The van der Waals surface area contributed by atoms with Gasteiger partial charge in [0.1, 0.15) is 11.3 Å². The van der Waals surface area contributed by atoms with E-state index in [4.69, 9.17) is 9.72 Å². The van der Waals surface area contributed by atoms with Gasteiger partial charge < -0.3 is 9.30 Å². The number of carbonyl (C=O) groups is 1. The Morgan fingerprint density at radius 2 is 2.20 bits per heavy atom. The van der Waals surface area contributed by atoms with Crippen molar-refractivity contribution in [2.75, 3.05) is 18.6 Å². The van der Waals surface area contributed by atoms with E-state index >= 15 is 0 Å². The van der Waals surface area contributed by atoms with E-state index in [2.05, 4.69) is 4.98 Å². The van der Waals surface area contributed by atoms with Crippen LogP contribution in [0.15, 0.2) is 60.5 Å². The minimum Gasteiger partial charge on any atom is -0.494 e. The molecule has 6 nitrogen and oxygen atoms in total. The maximum absolute atomic E-state index is 13.0. The highest BCUT2D eigenvalue weighted by atomic mass is 35.5. The number of halogens is 1. The Hall–Kier alpha value is -2.68. The molecule has 3 heterocycles. The average Bonchev–Trinajstić information content (AvgIpc) is 3.50. The average molecular weight is 461 g/mol. The Morgan fingerprint density at radius 1 is 1.30 bits per heavy atom. The molecule has 0 atom stereocenters. The molecular weight excluding hydrogens is 440 g/mol. The molecule has 0 saturated heterocycles. The van der Waals surface area contributed by atoms with Crippen molar-refractivity contribution >= 4 is 62.4 Å². The summed E-state index contributed by atoms with van der Waals surface area (Å²) in [6.45, 7) is 1.35. The number of methoxy groups -OCH3 is 1. The van der Waals surface area contributed by atoms with Gasteiger partial charge in [0.25, 0.3) is 5.91 Å². The first-order chi connectivity index (χ1) is 14.2. The zero-order valence-electron chi connectivity index (χ0n) is 16.3. The summed E-state index contributed by atoms with van der Waals surface area (Å²) in [5.74, 6) is 0.631. The maximum Gasteiger partial charge on any atom is 0.252 e. The lowest BCUT2D eigenvalue weighted by Crippen LogP contribution is -2.30. The van der Waals surface area contributed by atoms with Gasteiger partial charge in [-0.25, -0.2) is 9.97 Å². The van der Waals surface area contributed by atoms with Crippen molar-refractivity contribution in [3.05, 3.63) is 65.4 Å². The fourth-order valence-electron chi connectivity index (χ4n) is 2.95. The summed E-state index contributed by atoms with van der Waals surface area (Å²) in [7, 11) is 1.63. The number of fused-ring (bicyclic) bond motifs is 1. The van der Waals surface area contributed by atoms with Crippen LogP contribution in [0.25, 0.3) is 16.3 Å². The van der Waals surface area contributed by atoms with E-state index < -0.39 is 0 Å². The lowest BCUT2D eigenvalue weighted by Gasteiger charge is -2.18. The predicted molar refractivity (Wildman–Crippen MR) is 126 cm³/mol. The molecule has 0 N–H and O–H groups in total. The van der Waals surface area contributed by atoms with Gasteiger partial charge in [-0.1, -0.05) is 23.5 Å². The number of ether oxygens (including phenoxy) is 1. The molecule has 0 unspecified atom stereocenters. The van der Waals surface area contributed by atoms with Gasteiger partial charge in [0.05, 0.1) is 18.1 Å². The van der Waals surface area contributed by atoms with Crippen molar-refractivity contribution < 1.29 is 9.53 Å². The molecule has 0 aliphatic rings. The van der Waals surface area contributed by atoms with Gasteiger partial charge >= 0.3 is 0 Å². The molecule has 3 aromatic heterocycles. The number of para-hydroxylation sites is 1. The minimum atomic E-state index is -0.0814. The molecule has 4 aromatic rings. The van der Waals surface area contributed by atoms with Gasteiger partial charge in [0.2, 0.25) is 0 Å². The Balaban J connectivity index is 0.00000256. The molecule has 0 aliphatic heterocycles. The molecular formula is C21H21ClN4O2S2. The zero-order valence-corrected chi connectivity index (χ0v) is 18.8. The third-order valence-electron chi connectivity index (χ3n) is 4.38. The van der Waals surface area contributed by atoms with Crippen LogP contribution >= 0.6 is 35.1 Å². The minimum absolute atomic E-state index is 0. The van der Waals surface area contributed by atoms with Crippen LogP contribution in [0.1, 0.15) is 11.3 Å². The van der Waals surface area contributed by atoms with E-state index in [9.17, 15) is 4.79 Å². The number of carbonyl (C=O) groups excluding carboxylic acids is 1. The number of thiophene rings is 1. The molecule has 0 radical (unpaired) electrons. The van der Waals surface area contributed by atoms with Crippen LogP contribution < -0.4 is 9.64 Å². The van der Waals surface area contributed by atoms with Crippen LogP contribution in [0, 0.1) is 0 Å². The summed E-state index contributed by atoms with van der Waals surface area (Å²) in [5, 5.41) is 2.67. The number of benzene rings is 1. The molecule has 156 valence electrons. The number of hydrogen-bond donors (Lipinski definition) is 0. The zero-order chi connectivity index (χ0) is 20.1. The van der Waals surface area contributed by atoms with Gasteiger partial charge in [0.15, 0.2) is 5.13 Å². The summed E-state index contributed by atoms with van der Waals surface area (Å²) in [6, 6.07) is 9.77. The van der Waals surface area contributed by atoms with Crippen molar-refractivity contribution in [1.29, 1.82) is 0 Å². The van der Waals surface area contributed by atoms with E-state index in [1.165, 1.54) is 11.3 Å². The molecule has 4 rings (SSSR count). The highest BCUT2D eigenvalue weighted by Crippen LogP contribution is 2.34. The molecule has 0 spiro atoms. The SMILES string of the molecule is COc1cccc2sc(N(CCCn3ccnc3)C(=O)C=Cc3cccs3)nc12.Cl. The lowest BCUT2D eigenvalue weighted by atomic mass is 10.3. The molecule has 9 heteroatoms. The fraction of sp³-hybridized carbons (Fsp3) is 0.190. The van der Waals surface area contributed by atoms with Crippen molar-refractivity contribution in [2.45, 2.75) is 13.0 Å². The number of aryl methyl sites for hydroxylation is 1. The van der Waals surface area contributed by atoms with Crippen molar-refractivity contribution in [2.24, 2.45) is 0 Å². The molecule has 0 bridgehead atoms. The highest BCUT2D eigenvalue weighted by molar-refractivity contribution is 7.22. The monoisotopic (exact) mass is 460 g/mol. The third kappa shape index (κ3) is 5.08.